The molecule has 1 aliphatic heterocycles. The molecule has 0 aliphatic carbocycles. The Labute approximate surface area is 226 Å². The number of hydrogen-bond donors (Lipinski definition) is 0. The minimum absolute atomic E-state index is 0.0542. The van der Waals surface area contributed by atoms with Crippen LogP contribution in [0.5, 0.6) is 5.75 Å². The van der Waals surface area contributed by atoms with Gasteiger partial charge in [-0.05, 0) is 70.4 Å². The molecule has 208 valence electrons. The van der Waals surface area contributed by atoms with Crippen LogP contribution in [0.3, 0.4) is 0 Å². The Morgan fingerprint density at radius 2 is 1.89 bits per heavy atom. The number of rotatable bonds is 8. The van der Waals surface area contributed by atoms with Crippen molar-refractivity contribution in [2.24, 2.45) is 0 Å². The summed E-state index contributed by atoms with van der Waals surface area (Å²) in [5.41, 5.74) is 2.90. The molecule has 38 heavy (non-hydrogen) atoms. The molecule has 0 spiro atoms. The number of hydrogen-bond acceptors (Lipinski definition) is 6. The van der Waals surface area contributed by atoms with Crippen LogP contribution in [0.1, 0.15) is 61.1 Å². The molecule has 3 amide bonds. The normalized spacial score (nSPS) is 17.2. The van der Waals surface area contributed by atoms with Gasteiger partial charge in [0.05, 0.1) is 5.69 Å². The van der Waals surface area contributed by atoms with Gasteiger partial charge in [0, 0.05) is 46.2 Å². The number of carbonyl (C=O) groups excluding carboxylic acids is 3. The Kier molecular flexibility index (Phi) is 10.7. The fourth-order valence-corrected chi connectivity index (χ4v) is 4.87. The van der Waals surface area contributed by atoms with Gasteiger partial charge in [-0.1, -0.05) is 23.4 Å². The lowest BCUT2D eigenvalue weighted by molar-refractivity contribution is -0.145. The first-order chi connectivity index (χ1) is 18.2. The second-order valence-electron chi connectivity index (χ2n) is 10.2. The lowest BCUT2D eigenvalue weighted by Gasteiger charge is -2.31. The van der Waals surface area contributed by atoms with E-state index in [-0.39, 0.29) is 24.3 Å². The quantitative estimate of drug-likeness (QED) is 0.488. The molecule has 2 heterocycles. The van der Waals surface area contributed by atoms with Crippen molar-refractivity contribution < 1.29 is 23.6 Å². The maximum Gasteiger partial charge on any atom is 0.260 e. The van der Waals surface area contributed by atoms with Crippen molar-refractivity contribution in [1.82, 2.24) is 19.9 Å². The summed E-state index contributed by atoms with van der Waals surface area (Å²) < 4.78 is 11.1. The Balaban J connectivity index is 1.54. The molecule has 0 saturated heterocycles. The number of aromatic nitrogens is 1. The van der Waals surface area contributed by atoms with Crippen molar-refractivity contribution in [2.75, 3.05) is 40.8 Å². The van der Waals surface area contributed by atoms with Crippen LogP contribution in [0, 0.1) is 13.8 Å². The van der Waals surface area contributed by atoms with Crippen molar-refractivity contribution >= 4 is 17.7 Å². The first-order valence-corrected chi connectivity index (χ1v) is 13.6. The number of likely N-dealkylation sites (N-methyl/N-ethyl adjacent to an activating group) is 2. The predicted molar refractivity (Wildman–Crippen MR) is 145 cm³/mol. The van der Waals surface area contributed by atoms with E-state index in [0.717, 1.165) is 54.0 Å². The molecular weight excluding hydrogens is 484 g/mol. The largest absolute Gasteiger partial charge is 0.483 e. The number of ether oxygens (including phenoxy) is 1. The van der Waals surface area contributed by atoms with Gasteiger partial charge in [-0.15, -0.1) is 0 Å². The minimum Gasteiger partial charge on any atom is -0.483 e. The van der Waals surface area contributed by atoms with Gasteiger partial charge in [0.2, 0.25) is 11.8 Å². The highest BCUT2D eigenvalue weighted by Gasteiger charge is 2.29. The maximum atomic E-state index is 13.3. The fourth-order valence-electron chi connectivity index (χ4n) is 4.87. The van der Waals surface area contributed by atoms with E-state index >= 15 is 0 Å². The average molecular weight is 527 g/mol. The van der Waals surface area contributed by atoms with E-state index < -0.39 is 6.04 Å². The minimum atomic E-state index is -0.562. The molecule has 0 saturated carbocycles. The maximum absolute atomic E-state index is 13.3. The summed E-state index contributed by atoms with van der Waals surface area (Å²) in [6.07, 6.45) is 5.64. The van der Waals surface area contributed by atoms with E-state index in [2.05, 4.69) is 5.16 Å². The molecule has 1 aromatic carbocycles. The molecule has 0 bridgehead atoms. The molecule has 1 aliphatic rings. The number of amides is 3. The summed E-state index contributed by atoms with van der Waals surface area (Å²) >= 11 is 0. The molecule has 1 atom stereocenters. The summed E-state index contributed by atoms with van der Waals surface area (Å²) in [7, 11) is 5.29. The van der Waals surface area contributed by atoms with Crippen LogP contribution in [0.4, 0.5) is 0 Å². The van der Waals surface area contributed by atoms with Gasteiger partial charge in [0.1, 0.15) is 17.6 Å². The topological polar surface area (TPSA) is 96.2 Å². The SMILES string of the molecule is Cc1noc(C)c1CCC(=O)N(C)CCCC[C@H]1C(=O)N(C)CCCCc2ccccc2OCC(=O)N1C. The van der Waals surface area contributed by atoms with E-state index in [1.165, 1.54) is 4.90 Å². The van der Waals surface area contributed by atoms with Crippen LogP contribution in [0.15, 0.2) is 28.8 Å². The molecule has 9 heteroatoms. The van der Waals surface area contributed by atoms with Crippen LogP contribution in [0.25, 0.3) is 0 Å². The van der Waals surface area contributed by atoms with E-state index in [0.29, 0.717) is 38.8 Å². The Bertz CT molecular complexity index is 1080. The molecule has 0 fully saturated rings. The summed E-state index contributed by atoms with van der Waals surface area (Å²) in [5, 5.41) is 3.95. The number of carbonyl (C=O) groups is 3. The zero-order chi connectivity index (χ0) is 27.7. The zero-order valence-electron chi connectivity index (χ0n) is 23.5. The summed E-state index contributed by atoms with van der Waals surface area (Å²) in [5.74, 6) is 1.27. The molecule has 9 nitrogen and oxygen atoms in total. The molecule has 1 aromatic heterocycles. The summed E-state index contributed by atoms with van der Waals surface area (Å²) in [6.45, 7) is 4.87. The number of aryl methyl sites for hydroxylation is 3. The van der Waals surface area contributed by atoms with E-state index in [1.54, 1.807) is 23.9 Å². The van der Waals surface area contributed by atoms with Crippen molar-refractivity contribution in [3.05, 3.63) is 46.8 Å². The second-order valence-corrected chi connectivity index (χ2v) is 10.2. The van der Waals surface area contributed by atoms with E-state index in [4.69, 9.17) is 9.26 Å². The number of nitrogens with zero attached hydrogens (tertiary/aromatic N) is 4. The molecule has 0 unspecified atom stereocenters. The fraction of sp³-hybridized carbons (Fsp3) is 0.586. The highest BCUT2D eigenvalue weighted by molar-refractivity contribution is 5.88. The van der Waals surface area contributed by atoms with Crippen molar-refractivity contribution in [1.29, 1.82) is 0 Å². The van der Waals surface area contributed by atoms with Gasteiger partial charge in [-0.2, -0.15) is 0 Å². The second kappa shape index (κ2) is 14.0. The lowest BCUT2D eigenvalue weighted by atomic mass is 10.1. The first-order valence-electron chi connectivity index (χ1n) is 13.6. The average Bonchev–Trinajstić information content (AvgIpc) is 3.24. The van der Waals surface area contributed by atoms with Gasteiger partial charge in [0.15, 0.2) is 6.61 Å². The first kappa shape index (κ1) is 29.2. The number of fused-ring (bicyclic) bond motifs is 1. The molecule has 0 N–H and O–H groups in total. The van der Waals surface area contributed by atoms with Crippen LogP contribution in [-0.4, -0.2) is 84.5 Å². The van der Waals surface area contributed by atoms with Crippen molar-refractivity contribution in [2.45, 2.75) is 71.3 Å². The Morgan fingerprint density at radius 1 is 1.13 bits per heavy atom. The Morgan fingerprint density at radius 3 is 2.63 bits per heavy atom. The molecule has 2 aromatic rings. The molecule has 0 radical (unpaired) electrons. The summed E-state index contributed by atoms with van der Waals surface area (Å²) in [6, 6.07) is 7.24. The highest BCUT2D eigenvalue weighted by Crippen LogP contribution is 2.22. The standard InChI is InChI=1S/C29H42N4O5/c1-21-24(22(2)38-30-21)16-17-27(34)31(3)18-11-9-14-25-29(36)32(4)19-10-8-13-23-12-6-7-15-26(23)37-20-28(35)33(25)5/h6-7,12,15,25H,8-11,13-14,16-20H2,1-5H3/t25-/m0/s1. The monoisotopic (exact) mass is 526 g/mol. The number of para-hydroxylation sites is 1. The van der Waals surface area contributed by atoms with Crippen LogP contribution in [0.2, 0.25) is 0 Å². The van der Waals surface area contributed by atoms with Gasteiger partial charge >= 0.3 is 0 Å². The van der Waals surface area contributed by atoms with Crippen LogP contribution < -0.4 is 4.74 Å². The van der Waals surface area contributed by atoms with E-state index in [9.17, 15) is 14.4 Å². The zero-order valence-corrected chi connectivity index (χ0v) is 23.5. The molecular formula is C29H42N4O5. The third-order valence-electron chi connectivity index (χ3n) is 7.45. The highest BCUT2D eigenvalue weighted by atomic mass is 16.5. The van der Waals surface area contributed by atoms with E-state index in [1.807, 2.05) is 45.2 Å². The summed E-state index contributed by atoms with van der Waals surface area (Å²) in [4.78, 5) is 43.9. The van der Waals surface area contributed by atoms with Gasteiger partial charge in [-0.3, -0.25) is 14.4 Å². The predicted octanol–water partition coefficient (Wildman–Crippen LogP) is 3.55. The van der Waals surface area contributed by atoms with Crippen LogP contribution >= 0.6 is 0 Å². The van der Waals surface area contributed by atoms with Gasteiger partial charge in [-0.25, -0.2) is 0 Å². The Hall–Kier alpha value is -3.36. The third kappa shape index (κ3) is 7.82. The smallest absolute Gasteiger partial charge is 0.260 e. The van der Waals surface area contributed by atoms with Gasteiger partial charge < -0.3 is 24.0 Å². The molecule has 3 rings (SSSR count). The van der Waals surface area contributed by atoms with Crippen molar-refractivity contribution in [3.8, 4) is 5.75 Å². The number of unbranched alkanes of at least 4 members (excludes halogenated alkanes) is 1. The van der Waals surface area contributed by atoms with Crippen molar-refractivity contribution in [3.63, 3.8) is 0 Å². The lowest BCUT2D eigenvalue weighted by Crippen LogP contribution is -2.49. The number of benzene rings is 1. The third-order valence-corrected chi connectivity index (χ3v) is 7.45. The van der Waals surface area contributed by atoms with Crippen LogP contribution in [-0.2, 0) is 27.2 Å². The van der Waals surface area contributed by atoms with Gasteiger partial charge in [0.25, 0.3) is 5.91 Å².